The number of ether oxygens (including phenoxy) is 1. The van der Waals surface area contributed by atoms with E-state index in [0.29, 0.717) is 29.2 Å². The van der Waals surface area contributed by atoms with Crippen LogP contribution in [-0.2, 0) is 7.05 Å². The Bertz CT molecular complexity index is 1310. The van der Waals surface area contributed by atoms with Crippen molar-refractivity contribution in [1.29, 1.82) is 0 Å². The molecule has 0 amide bonds. The highest BCUT2D eigenvalue weighted by Gasteiger charge is 2.37. The van der Waals surface area contributed by atoms with E-state index in [9.17, 15) is 9.18 Å². The van der Waals surface area contributed by atoms with Crippen molar-refractivity contribution in [2.75, 3.05) is 11.9 Å². The van der Waals surface area contributed by atoms with Crippen LogP contribution in [0.4, 0.5) is 10.1 Å². The average Bonchev–Trinajstić information content (AvgIpc) is 3.19. The van der Waals surface area contributed by atoms with Crippen molar-refractivity contribution in [3.63, 3.8) is 0 Å². The van der Waals surface area contributed by atoms with Gasteiger partial charge in [-0.3, -0.25) is 9.48 Å². The first-order chi connectivity index (χ1) is 15.1. The monoisotopic (exact) mass is 420 g/mol. The molecule has 2 aromatic heterocycles. The summed E-state index contributed by atoms with van der Waals surface area (Å²) in [5, 5.41) is 15.4. The molecule has 8 nitrogen and oxygen atoms in total. The minimum absolute atomic E-state index is 0.251. The molecule has 0 saturated carbocycles. The highest BCUT2D eigenvalue weighted by atomic mass is 19.1. The van der Waals surface area contributed by atoms with E-state index in [2.05, 4.69) is 32.5 Å². The number of halogens is 1. The van der Waals surface area contributed by atoms with Gasteiger partial charge in [0.15, 0.2) is 0 Å². The molecule has 0 radical (unpaired) electrons. The molecule has 2 N–H and O–H groups in total. The third-order valence-corrected chi connectivity index (χ3v) is 5.56. The van der Waals surface area contributed by atoms with E-state index in [1.165, 1.54) is 18.5 Å². The van der Waals surface area contributed by atoms with Crippen molar-refractivity contribution in [1.82, 2.24) is 25.0 Å². The summed E-state index contributed by atoms with van der Waals surface area (Å²) in [6, 6.07) is 10.1. The van der Waals surface area contributed by atoms with Crippen LogP contribution in [-0.4, -0.2) is 31.6 Å². The number of aromatic amines is 1. The molecule has 5 rings (SSSR count). The van der Waals surface area contributed by atoms with Crippen molar-refractivity contribution < 1.29 is 9.13 Å². The van der Waals surface area contributed by atoms with Crippen molar-refractivity contribution in [3.8, 4) is 5.75 Å². The zero-order valence-corrected chi connectivity index (χ0v) is 17.1. The molecule has 3 heterocycles. The molecule has 158 valence electrons. The van der Waals surface area contributed by atoms with Crippen LogP contribution in [0, 0.1) is 5.82 Å². The second-order valence-corrected chi connectivity index (χ2v) is 7.57. The number of rotatable bonds is 5. The Morgan fingerprint density at radius 1 is 1.23 bits per heavy atom. The lowest BCUT2D eigenvalue weighted by Gasteiger charge is -2.33. The fourth-order valence-electron chi connectivity index (χ4n) is 4.16. The summed E-state index contributed by atoms with van der Waals surface area (Å²) in [5.41, 5.74) is 1.66. The van der Waals surface area contributed by atoms with Crippen LogP contribution in [0.5, 0.6) is 5.75 Å². The third-order valence-electron chi connectivity index (χ3n) is 5.56. The van der Waals surface area contributed by atoms with Gasteiger partial charge in [-0.2, -0.15) is 10.2 Å². The summed E-state index contributed by atoms with van der Waals surface area (Å²) in [4.78, 5) is 16.8. The molecule has 0 saturated heterocycles. The summed E-state index contributed by atoms with van der Waals surface area (Å²) in [5.74, 6) is 0.622. The number of aromatic nitrogens is 5. The fraction of sp³-hybridized carbons (Fsp3) is 0.273. The van der Waals surface area contributed by atoms with Crippen molar-refractivity contribution in [3.05, 3.63) is 76.0 Å². The lowest BCUT2D eigenvalue weighted by Crippen LogP contribution is -2.30. The molecule has 0 spiro atoms. The van der Waals surface area contributed by atoms with Crippen LogP contribution in [0.25, 0.3) is 10.8 Å². The molecule has 0 bridgehead atoms. The minimum Gasteiger partial charge on any atom is -0.494 e. The van der Waals surface area contributed by atoms with Gasteiger partial charge in [-0.05, 0) is 36.2 Å². The Hall–Kier alpha value is -3.75. The number of H-pyrrole nitrogens is 1. The second-order valence-electron chi connectivity index (χ2n) is 7.57. The maximum Gasteiger partial charge on any atom is 0.272 e. The van der Waals surface area contributed by atoms with Crippen molar-refractivity contribution in [2.24, 2.45) is 7.05 Å². The quantitative estimate of drug-likeness (QED) is 0.514. The Morgan fingerprint density at radius 3 is 2.74 bits per heavy atom. The fourth-order valence-corrected chi connectivity index (χ4v) is 4.16. The Balaban J connectivity index is 1.69. The van der Waals surface area contributed by atoms with Crippen LogP contribution < -0.4 is 15.6 Å². The largest absolute Gasteiger partial charge is 0.494 e. The molecule has 4 aromatic rings. The van der Waals surface area contributed by atoms with E-state index in [4.69, 9.17) is 4.74 Å². The van der Waals surface area contributed by atoms with Gasteiger partial charge >= 0.3 is 0 Å². The topological polar surface area (TPSA) is 97.7 Å². The number of aryl methyl sites for hydroxylation is 1. The van der Waals surface area contributed by atoms with Crippen LogP contribution in [0.2, 0.25) is 0 Å². The van der Waals surface area contributed by atoms with E-state index in [1.807, 2.05) is 31.3 Å². The Labute approximate surface area is 177 Å². The summed E-state index contributed by atoms with van der Waals surface area (Å²) in [7, 11) is 1.81. The lowest BCUT2D eigenvalue weighted by atomic mass is 9.83. The average molecular weight is 420 g/mol. The maximum absolute atomic E-state index is 14.3. The number of anilines is 1. The molecule has 0 fully saturated rings. The predicted octanol–water partition coefficient (Wildman–Crippen LogP) is 3.28. The predicted molar refractivity (Wildman–Crippen MR) is 114 cm³/mol. The van der Waals surface area contributed by atoms with Gasteiger partial charge in [-0.15, -0.1) is 0 Å². The van der Waals surface area contributed by atoms with Crippen molar-refractivity contribution >= 4 is 16.5 Å². The van der Waals surface area contributed by atoms with Crippen LogP contribution in [0.15, 0.2) is 47.5 Å². The SMILES string of the molecule is CCCOc1ccc(C2Nc3cc(F)cc4c(=O)[nH]nc(c34)C2c2ncnn2C)cc1. The smallest absolute Gasteiger partial charge is 0.272 e. The second kappa shape index (κ2) is 7.50. The molecular weight excluding hydrogens is 399 g/mol. The Morgan fingerprint density at radius 2 is 2.03 bits per heavy atom. The molecule has 31 heavy (non-hydrogen) atoms. The number of hydrogen-bond donors (Lipinski definition) is 2. The summed E-state index contributed by atoms with van der Waals surface area (Å²) in [6.45, 7) is 2.70. The third kappa shape index (κ3) is 3.22. The first-order valence-electron chi connectivity index (χ1n) is 10.1. The summed E-state index contributed by atoms with van der Waals surface area (Å²) in [6.07, 6.45) is 2.41. The highest BCUT2D eigenvalue weighted by Crippen LogP contribution is 2.46. The molecule has 9 heteroatoms. The highest BCUT2D eigenvalue weighted by molar-refractivity contribution is 5.97. The van der Waals surface area contributed by atoms with Crippen LogP contribution >= 0.6 is 0 Å². The van der Waals surface area contributed by atoms with E-state index >= 15 is 0 Å². The van der Waals surface area contributed by atoms with Gasteiger partial charge in [-0.1, -0.05) is 19.1 Å². The van der Waals surface area contributed by atoms with E-state index in [0.717, 1.165) is 17.7 Å². The standard InChI is InChI=1S/C22H21FN6O2/c1-3-8-31-14-6-4-12(5-7-14)19-18(21-24-11-25-29(21)2)20-17-15(22(30)28-27-20)9-13(23)10-16(17)26-19/h4-7,9-11,18-19,26H,3,8H2,1-2H3,(H,28,30). The van der Waals surface area contributed by atoms with Gasteiger partial charge in [0.2, 0.25) is 0 Å². The molecule has 2 atom stereocenters. The van der Waals surface area contributed by atoms with Crippen LogP contribution in [0.3, 0.4) is 0 Å². The number of benzene rings is 2. The van der Waals surface area contributed by atoms with E-state index in [-0.39, 0.29) is 17.3 Å². The van der Waals surface area contributed by atoms with E-state index < -0.39 is 11.4 Å². The van der Waals surface area contributed by atoms with Gasteiger partial charge in [0.1, 0.15) is 23.7 Å². The van der Waals surface area contributed by atoms with Gasteiger partial charge in [0, 0.05) is 18.1 Å². The van der Waals surface area contributed by atoms with Crippen LogP contribution in [0.1, 0.15) is 42.4 Å². The van der Waals surface area contributed by atoms with Gasteiger partial charge in [-0.25, -0.2) is 14.5 Å². The normalized spacial score (nSPS) is 17.5. The lowest BCUT2D eigenvalue weighted by molar-refractivity contribution is 0.317. The zero-order valence-electron chi connectivity index (χ0n) is 17.1. The van der Waals surface area contributed by atoms with Gasteiger partial charge in [0.25, 0.3) is 5.56 Å². The Kier molecular flexibility index (Phi) is 4.65. The maximum atomic E-state index is 14.3. The number of nitrogens with one attached hydrogen (secondary N) is 2. The summed E-state index contributed by atoms with van der Waals surface area (Å²) >= 11 is 0. The molecule has 1 aliphatic heterocycles. The van der Waals surface area contributed by atoms with Crippen molar-refractivity contribution in [2.45, 2.75) is 25.3 Å². The molecule has 2 aromatic carbocycles. The van der Waals surface area contributed by atoms with Gasteiger partial charge < -0.3 is 10.1 Å². The van der Waals surface area contributed by atoms with E-state index in [1.54, 1.807) is 4.68 Å². The molecule has 0 aliphatic carbocycles. The first-order valence-corrected chi connectivity index (χ1v) is 10.1. The zero-order chi connectivity index (χ0) is 21.5. The summed E-state index contributed by atoms with van der Waals surface area (Å²) < 4.78 is 21.7. The first kappa shape index (κ1) is 19.2. The molecule has 2 unspecified atom stereocenters. The molecular formula is C22H21FN6O2. The van der Waals surface area contributed by atoms with Gasteiger partial charge in [0.05, 0.1) is 29.6 Å². The molecule has 1 aliphatic rings. The number of hydrogen-bond acceptors (Lipinski definition) is 6. The minimum atomic E-state index is -0.489. The number of nitrogens with zero attached hydrogens (tertiary/aromatic N) is 4.